The van der Waals surface area contributed by atoms with Crippen LogP contribution >= 0.6 is 0 Å². The summed E-state index contributed by atoms with van der Waals surface area (Å²) in [6.07, 6.45) is 87.7. The van der Waals surface area contributed by atoms with Gasteiger partial charge in [0.1, 0.15) is 13.2 Å². The lowest BCUT2D eigenvalue weighted by molar-refractivity contribution is -0.167. The highest BCUT2D eigenvalue weighted by Crippen LogP contribution is 2.15. The van der Waals surface area contributed by atoms with Crippen LogP contribution in [0.4, 0.5) is 0 Å². The van der Waals surface area contributed by atoms with Crippen LogP contribution in [0.1, 0.15) is 284 Å². The van der Waals surface area contributed by atoms with E-state index in [9.17, 15) is 14.4 Å². The van der Waals surface area contributed by atoms with Crippen molar-refractivity contribution < 1.29 is 28.6 Å². The van der Waals surface area contributed by atoms with E-state index < -0.39 is 6.10 Å². The zero-order chi connectivity index (χ0) is 55.0. The molecule has 0 fully saturated rings. The molecule has 1 atom stereocenters. The number of ether oxygens (including phenoxy) is 3. The lowest BCUT2D eigenvalue weighted by atomic mass is 10.0. The number of carbonyl (C=O) groups excluding carboxylic acids is 3. The smallest absolute Gasteiger partial charge is 0.306 e. The zero-order valence-electron chi connectivity index (χ0n) is 49.5. The topological polar surface area (TPSA) is 78.9 Å². The third-order valence-corrected chi connectivity index (χ3v) is 13.2. The summed E-state index contributed by atoms with van der Waals surface area (Å²) in [6.45, 7) is 6.38. The van der Waals surface area contributed by atoms with Gasteiger partial charge in [-0.25, -0.2) is 0 Å². The van der Waals surface area contributed by atoms with Crippen LogP contribution in [-0.2, 0) is 28.6 Å². The van der Waals surface area contributed by atoms with Gasteiger partial charge in [0, 0.05) is 19.3 Å². The molecule has 432 valence electrons. The van der Waals surface area contributed by atoms with Gasteiger partial charge in [-0.2, -0.15) is 0 Å². The van der Waals surface area contributed by atoms with Crippen molar-refractivity contribution in [3.05, 3.63) is 122 Å². The van der Waals surface area contributed by atoms with Crippen LogP contribution in [0.25, 0.3) is 0 Å². The summed E-state index contributed by atoms with van der Waals surface area (Å²) in [5.74, 6) is -0.923. The Kier molecular flexibility index (Phi) is 59.9. The van der Waals surface area contributed by atoms with Gasteiger partial charge in [-0.3, -0.25) is 14.4 Å². The largest absolute Gasteiger partial charge is 0.462 e. The predicted molar refractivity (Wildman–Crippen MR) is 330 cm³/mol. The summed E-state index contributed by atoms with van der Waals surface area (Å²) >= 11 is 0. The Morgan fingerprint density at radius 2 is 0.513 bits per heavy atom. The molecule has 0 radical (unpaired) electrons. The number of esters is 3. The highest BCUT2D eigenvalue weighted by Gasteiger charge is 2.19. The highest BCUT2D eigenvalue weighted by atomic mass is 16.6. The molecule has 0 saturated carbocycles. The molecule has 0 aromatic carbocycles. The van der Waals surface area contributed by atoms with E-state index in [0.717, 1.165) is 154 Å². The molecule has 0 spiro atoms. The average molecular weight is 1050 g/mol. The molecular formula is C70H116O6. The fourth-order valence-electron chi connectivity index (χ4n) is 8.51. The number of rotatable bonds is 56. The van der Waals surface area contributed by atoms with Crippen LogP contribution < -0.4 is 0 Å². The van der Waals surface area contributed by atoms with Crippen LogP contribution in [0.3, 0.4) is 0 Å². The third-order valence-electron chi connectivity index (χ3n) is 13.2. The first-order chi connectivity index (χ1) is 37.5. The van der Waals surface area contributed by atoms with Crippen LogP contribution in [0.15, 0.2) is 122 Å². The number of hydrogen-bond donors (Lipinski definition) is 0. The van der Waals surface area contributed by atoms with Crippen molar-refractivity contribution in [3.63, 3.8) is 0 Å². The Morgan fingerprint density at radius 1 is 0.276 bits per heavy atom. The van der Waals surface area contributed by atoms with Crippen molar-refractivity contribution in [2.24, 2.45) is 0 Å². The van der Waals surface area contributed by atoms with E-state index in [1.54, 1.807) is 0 Å². The maximum absolute atomic E-state index is 12.9. The van der Waals surface area contributed by atoms with Gasteiger partial charge in [-0.15, -0.1) is 0 Å². The molecule has 0 aliphatic rings. The first-order valence-electron chi connectivity index (χ1n) is 31.5. The molecular weight excluding hydrogens is 937 g/mol. The predicted octanol–water partition coefficient (Wildman–Crippen LogP) is 21.6. The van der Waals surface area contributed by atoms with Gasteiger partial charge in [0.25, 0.3) is 0 Å². The Labute approximate surface area is 469 Å². The van der Waals surface area contributed by atoms with E-state index in [4.69, 9.17) is 14.2 Å². The van der Waals surface area contributed by atoms with E-state index >= 15 is 0 Å². The van der Waals surface area contributed by atoms with Crippen molar-refractivity contribution in [2.75, 3.05) is 13.2 Å². The second kappa shape index (κ2) is 63.3. The standard InChI is InChI=1S/C70H116O6/c1-4-7-10-13-16-19-22-25-28-30-31-32-33-34-35-36-37-38-39-40-43-45-48-51-54-57-60-63-69(72)75-66-67(65-74-68(71)62-59-56-53-50-47-44-41-27-24-21-18-15-12-9-6-3)76-70(73)64-61-58-55-52-49-46-42-29-26-23-20-17-14-11-8-5-2/h7,9-10,12,16,18-21,23,25,27-29,31-32,34-35,41-42,67H,4-6,8,11,13-15,17,22,24,26,30,33,36-40,43-66H2,1-3H3/b10-7-,12-9-,19-16-,21-18-,23-20-,28-25-,32-31-,35-34-,41-27-,42-29-. The van der Waals surface area contributed by atoms with E-state index in [1.807, 2.05) is 0 Å². The molecule has 6 heteroatoms. The Balaban J connectivity index is 4.35. The maximum Gasteiger partial charge on any atom is 0.306 e. The van der Waals surface area contributed by atoms with Crippen molar-refractivity contribution in [2.45, 2.75) is 290 Å². The minimum atomic E-state index is -0.798. The summed E-state index contributed by atoms with van der Waals surface area (Å²) in [6, 6.07) is 0. The van der Waals surface area contributed by atoms with Crippen LogP contribution in [0.5, 0.6) is 0 Å². The normalized spacial score (nSPS) is 12.9. The molecule has 0 heterocycles. The third kappa shape index (κ3) is 60.7. The molecule has 76 heavy (non-hydrogen) atoms. The fourth-order valence-corrected chi connectivity index (χ4v) is 8.51. The number of unbranched alkanes of at least 4 members (excludes halogenated alkanes) is 25. The summed E-state index contributed by atoms with van der Waals surface area (Å²) in [7, 11) is 0. The molecule has 0 aliphatic heterocycles. The van der Waals surface area contributed by atoms with Gasteiger partial charge in [-0.05, 0) is 128 Å². The molecule has 0 amide bonds. The van der Waals surface area contributed by atoms with Gasteiger partial charge in [0.15, 0.2) is 6.10 Å². The fraction of sp³-hybridized carbons (Fsp3) is 0.671. The Hall–Kier alpha value is -4.19. The number of allylic oxidation sites excluding steroid dienone is 20. The summed E-state index contributed by atoms with van der Waals surface area (Å²) in [5, 5.41) is 0. The van der Waals surface area contributed by atoms with E-state index in [-0.39, 0.29) is 31.1 Å². The minimum Gasteiger partial charge on any atom is -0.462 e. The molecule has 6 nitrogen and oxygen atoms in total. The second-order valence-corrected chi connectivity index (χ2v) is 20.5. The van der Waals surface area contributed by atoms with Crippen LogP contribution in [-0.4, -0.2) is 37.2 Å². The molecule has 0 aliphatic carbocycles. The number of carbonyl (C=O) groups is 3. The van der Waals surface area contributed by atoms with Crippen molar-refractivity contribution >= 4 is 17.9 Å². The lowest BCUT2D eigenvalue weighted by Crippen LogP contribution is -2.30. The zero-order valence-corrected chi connectivity index (χ0v) is 49.5. The summed E-state index contributed by atoms with van der Waals surface area (Å²) in [4.78, 5) is 38.3. The van der Waals surface area contributed by atoms with E-state index in [1.165, 1.54) is 89.9 Å². The Bertz CT molecular complexity index is 1590. The quantitative estimate of drug-likeness (QED) is 0.0261. The van der Waals surface area contributed by atoms with Crippen molar-refractivity contribution in [1.82, 2.24) is 0 Å². The van der Waals surface area contributed by atoms with Gasteiger partial charge in [0.05, 0.1) is 0 Å². The molecule has 0 rings (SSSR count). The van der Waals surface area contributed by atoms with E-state index in [0.29, 0.717) is 19.3 Å². The first kappa shape index (κ1) is 71.8. The molecule has 0 bridgehead atoms. The SMILES string of the molecule is CC/C=C\C/C=C\C/C=C\C/C=C\C/C=C\CCCCCCCCCCCCCC(=O)OCC(COC(=O)CCCCCCC/C=C\C/C=C\C/C=C\CC)OC(=O)CCCCCCC/C=C\C/C=C\CCCCCC. The highest BCUT2D eigenvalue weighted by molar-refractivity contribution is 5.71. The van der Waals surface area contributed by atoms with Gasteiger partial charge in [-0.1, -0.05) is 258 Å². The lowest BCUT2D eigenvalue weighted by Gasteiger charge is -2.18. The van der Waals surface area contributed by atoms with Gasteiger partial charge >= 0.3 is 17.9 Å². The molecule has 0 saturated heterocycles. The molecule has 1 unspecified atom stereocenters. The molecule has 0 N–H and O–H groups in total. The van der Waals surface area contributed by atoms with Gasteiger partial charge < -0.3 is 14.2 Å². The minimum absolute atomic E-state index is 0.0927. The number of hydrogen-bond acceptors (Lipinski definition) is 6. The average Bonchev–Trinajstić information content (AvgIpc) is 3.42. The summed E-state index contributed by atoms with van der Waals surface area (Å²) < 4.78 is 16.9. The first-order valence-corrected chi connectivity index (χ1v) is 31.5. The van der Waals surface area contributed by atoms with Gasteiger partial charge in [0.2, 0.25) is 0 Å². The van der Waals surface area contributed by atoms with Crippen molar-refractivity contribution in [1.29, 1.82) is 0 Å². The molecule has 0 aromatic heterocycles. The van der Waals surface area contributed by atoms with E-state index in [2.05, 4.69) is 142 Å². The molecule has 0 aromatic rings. The second-order valence-electron chi connectivity index (χ2n) is 20.5. The monoisotopic (exact) mass is 1050 g/mol. The van der Waals surface area contributed by atoms with Crippen LogP contribution in [0.2, 0.25) is 0 Å². The van der Waals surface area contributed by atoms with Crippen LogP contribution in [0, 0.1) is 0 Å². The Morgan fingerprint density at radius 3 is 0.803 bits per heavy atom. The summed E-state index contributed by atoms with van der Waals surface area (Å²) in [5.41, 5.74) is 0. The maximum atomic E-state index is 12.9. The van der Waals surface area contributed by atoms with Crippen molar-refractivity contribution in [3.8, 4) is 0 Å².